The third kappa shape index (κ3) is 5.21. The zero-order valence-electron chi connectivity index (χ0n) is 9.24. The fraction of sp³-hybridized carbons (Fsp3) is 0.462. The van der Waals surface area contributed by atoms with E-state index >= 15 is 0 Å². The molecular weight excluding hydrogens is 188 g/mol. The molecule has 82 valence electrons. The molecule has 0 bridgehead atoms. The molecule has 0 aliphatic heterocycles. The van der Waals surface area contributed by atoms with Crippen molar-refractivity contribution >= 4 is 5.78 Å². The van der Waals surface area contributed by atoms with Crippen molar-refractivity contribution in [1.29, 1.82) is 0 Å². The zero-order chi connectivity index (χ0) is 10.9. The summed E-state index contributed by atoms with van der Waals surface area (Å²) in [6.45, 7) is 2.33. The number of rotatable bonds is 7. The average Bonchev–Trinajstić information content (AvgIpc) is 2.28. The number of para-hydroxylation sites is 1. The van der Waals surface area contributed by atoms with Crippen LogP contribution in [-0.4, -0.2) is 12.4 Å². The minimum Gasteiger partial charge on any atom is -0.486 e. The van der Waals surface area contributed by atoms with Crippen molar-refractivity contribution in [3.8, 4) is 5.75 Å². The Morgan fingerprint density at radius 2 is 1.93 bits per heavy atom. The summed E-state index contributed by atoms with van der Waals surface area (Å²) in [6.07, 6.45) is 3.89. The molecule has 0 unspecified atom stereocenters. The lowest BCUT2D eigenvalue weighted by Crippen LogP contribution is -2.10. The number of carbonyl (C=O) groups excluding carboxylic acids is 1. The van der Waals surface area contributed by atoms with Crippen LogP contribution in [0.2, 0.25) is 0 Å². The number of carbonyl (C=O) groups is 1. The molecule has 0 fully saturated rings. The van der Waals surface area contributed by atoms with E-state index in [-0.39, 0.29) is 12.4 Å². The molecular formula is C13H18O2. The van der Waals surface area contributed by atoms with Crippen LogP contribution in [0.25, 0.3) is 0 Å². The topological polar surface area (TPSA) is 26.3 Å². The van der Waals surface area contributed by atoms with Crippen LogP contribution in [0, 0.1) is 0 Å². The molecule has 0 aliphatic rings. The number of ketones is 1. The van der Waals surface area contributed by atoms with Crippen molar-refractivity contribution in [3.63, 3.8) is 0 Å². The highest BCUT2D eigenvalue weighted by atomic mass is 16.5. The quantitative estimate of drug-likeness (QED) is 0.640. The van der Waals surface area contributed by atoms with Gasteiger partial charge in [-0.1, -0.05) is 38.0 Å². The summed E-state index contributed by atoms with van der Waals surface area (Å²) in [7, 11) is 0. The Labute approximate surface area is 91.3 Å². The SMILES string of the molecule is CCCCCC(=O)COc1ccccc1. The number of Topliss-reactive ketones (excluding diaryl/α,β-unsaturated/α-hetero) is 1. The highest BCUT2D eigenvalue weighted by Crippen LogP contribution is 2.08. The van der Waals surface area contributed by atoms with Crippen molar-refractivity contribution in [1.82, 2.24) is 0 Å². The number of benzene rings is 1. The molecule has 1 rings (SSSR count). The maximum Gasteiger partial charge on any atom is 0.170 e. The molecule has 0 amide bonds. The maximum absolute atomic E-state index is 11.4. The van der Waals surface area contributed by atoms with E-state index in [1.165, 1.54) is 0 Å². The standard InChI is InChI=1S/C13H18O2/c1-2-3-5-8-12(14)11-15-13-9-6-4-7-10-13/h4,6-7,9-10H,2-3,5,8,11H2,1H3. The number of unbranched alkanes of at least 4 members (excludes halogenated alkanes) is 2. The molecule has 0 atom stereocenters. The predicted molar refractivity (Wildman–Crippen MR) is 61.1 cm³/mol. The normalized spacial score (nSPS) is 9.93. The summed E-state index contributed by atoms with van der Waals surface area (Å²) in [6, 6.07) is 9.45. The Morgan fingerprint density at radius 1 is 1.20 bits per heavy atom. The second kappa shape index (κ2) is 7.04. The predicted octanol–water partition coefficient (Wildman–Crippen LogP) is 3.21. The highest BCUT2D eigenvalue weighted by Gasteiger charge is 2.02. The van der Waals surface area contributed by atoms with Gasteiger partial charge in [-0.25, -0.2) is 0 Å². The molecule has 0 aromatic heterocycles. The molecule has 0 heterocycles. The van der Waals surface area contributed by atoms with Gasteiger partial charge in [0.05, 0.1) is 0 Å². The van der Waals surface area contributed by atoms with E-state index in [0.29, 0.717) is 6.42 Å². The van der Waals surface area contributed by atoms with Gasteiger partial charge in [0.15, 0.2) is 5.78 Å². The summed E-state index contributed by atoms with van der Waals surface area (Å²) in [4.78, 5) is 11.4. The highest BCUT2D eigenvalue weighted by molar-refractivity contribution is 5.79. The molecule has 1 aromatic rings. The summed E-state index contributed by atoms with van der Waals surface area (Å²) < 4.78 is 5.35. The molecule has 0 N–H and O–H groups in total. The fourth-order valence-corrected chi connectivity index (χ4v) is 1.32. The van der Waals surface area contributed by atoms with Crippen LogP contribution in [0.15, 0.2) is 30.3 Å². The molecule has 15 heavy (non-hydrogen) atoms. The third-order valence-corrected chi connectivity index (χ3v) is 2.20. The van der Waals surface area contributed by atoms with Crippen molar-refractivity contribution in [2.75, 3.05) is 6.61 Å². The van der Waals surface area contributed by atoms with Gasteiger partial charge in [-0.05, 0) is 18.6 Å². The Balaban J connectivity index is 2.17. The van der Waals surface area contributed by atoms with Gasteiger partial charge in [-0.3, -0.25) is 4.79 Å². The second-order valence-electron chi connectivity index (χ2n) is 3.60. The van der Waals surface area contributed by atoms with E-state index in [1.807, 2.05) is 30.3 Å². The first-order chi connectivity index (χ1) is 7.33. The van der Waals surface area contributed by atoms with E-state index in [0.717, 1.165) is 25.0 Å². The average molecular weight is 206 g/mol. The monoisotopic (exact) mass is 206 g/mol. The van der Waals surface area contributed by atoms with Gasteiger partial charge in [0, 0.05) is 6.42 Å². The lowest BCUT2D eigenvalue weighted by molar-refractivity contribution is -0.121. The minimum absolute atomic E-state index is 0.187. The third-order valence-electron chi connectivity index (χ3n) is 2.20. The molecule has 0 saturated carbocycles. The first-order valence-corrected chi connectivity index (χ1v) is 5.52. The Bertz CT molecular complexity index is 280. The molecule has 0 aliphatic carbocycles. The van der Waals surface area contributed by atoms with Crippen molar-refractivity contribution in [2.24, 2.45) is 0 Å². The summed E-state index contributed by atoms with van der Waals surface area (Å²) >= 11 is 0. The maximum atomic E-state index is 11.4. The molecule has 2 nitrogen and oxygen atoms in total. The first kappa shape index (κ1) is 11.8. The van der Waals surface area contributed by atoms with Gasteiger partial charge in [-0.15, -0.1) is 0 Å². The van der Waals surface area contributed by atoms with Crippen LogP contribution in [0.4, 0.5) is 0 Å². The van der Waals surface area contributed by atoms with E-state index in [2.05, 4.69) is 6.92 Å². The molecule has 0 radical (unpaired) electrons. The van der Waals surface area contributed by atoms with Gasteiger partial charge in [0.2, 0.25) is 0 Å². The minimum atomic E-state index is 0.187. The summed E-state index contributed by atoms with van der Waals surface area (Å²) in [5.41, 5.74) is 0. The summed E-state index contributed by atoms with van der Waals surface area (Å²) in [5, 5.41) is 0. The molecule has 0 saturated heterocycles. The van der Waals surface area contributed by atoms with Gasteiger partial charge in [-0.2, -0.15) is 0 Å². The van der Waals surface area contributed by atoms with Gasteiger partial charge in [0.25, 0.3) is 0 Å². The van der Waals surface area contributed by atoms with E-state index in [9.17, 15) is 4.79 Å². The molecule has 2 heteroatoms. The first-order valence-electron chi connectivity index (χ1n) is 5.52. The van der Waals surface area contributed by atoms with Crippen molar-refractivity contribution in [2.45, 2.75) is 32.6 Å². The van der Waals surface area contributed by atoms with Crippen LogP contribution >= 0.6 is 0 Å². The lowest BCUT2D eigenvalue weighted by atomic mass is 10.1. The smallest absolute Gasteiger partial charge is 0.170 e. The van der Waals surface area contributed by atoms with Crippen molar-refractivity contribution < 1.29 is 9.53 Å². The van der Waals surface area contributed by atoms with E-state index in [1.54, 1.807) is 0 Å². The van der Waals surface area contributed by atoms with E-state index < -0.39 is 0 Å². The van der Waals surface area contributed by atoms with Crippen LogP contribution in [0.1, 0.15) is 32.6 Å². The van der Waals surface area contributed by atoms with Gasteiger partial charge >= 0.3 is 0 Å². The second-order valence-corrected chi connectivity index (χ2v) is 3.60. The van der Waals surface area contributed by atoms with Gasteiger partial charge < -0.3 is 4.74 Å². The van der Waals surface area contributed by atoms with E-state index in [4.69, 9.17) is 4.74 Å². The lowest BCUT2D eigenvalue weighted by Gasteiger charge is -2.04. The molecule has 0 spiro atoms. The number of hydrogen-bond donors (Lipinski definition) is 0. The molecule has 1 aromatic carbocycles. The van der Waals surface area contributed by atoms with Crippen LogP contribution in [-0.2, 0) is 4.79 Å². The largest absolute Gasteiger partial charge is 0.486 e. The number of hydrogen-bond acceptors (Lipinski definition) is 2. The van der Waals surface area contributed by atoms with Crippen LogP contribution < -0.4 is 4.74 Å². The Kier molecular flexibility index (Phi) is 5.52. The van der Waals surface area contributed by atoms with Crippen LogP contribution in [0.3, 0.4) is 0 Å². The Hall–Kier alpha value is -1.31. The number of ether oxygens (including phenoxy) is 1. The fourth-order valence-electron chi connectivity index (χ4n) is 1.32. The Morgan fingerprint density at radius 3 is 2.60 bits per heavy atom. The summed E-state index contributed by atoms with van der Waals surface area (Å²) in [5.74, 6) is 0.952. The zero-order valence-corrected chi connectivity index (χ0v) is 9.24. The van der Waals surface area contributed by atoms with Crippen molar-refractivity contribution in [3.05, 3.63) is 30.3 Å². The van der Waals surface area contributed by atoms with Crippen LogP contribution in [0.5, 0.6) is 5.75 Å². The van der Waals surface area contributed by atoms with Gasteiger partial charge in [0.1, 0.15) is 12.4 Å².